The number of nitriles is 1. The normalized spacial score (nSPS) is 10.8. The molecule has 0 amide bonds. The van der Waals surface area contributed by atoms with Crippen molar-refractivity contribution in [1.82, 2.24) is 29.9 Å². The van der Waals surface area contributed by atoms with Gasteiger partial charge in [-0.1, -0.05) is 158 Å². The van der Waals surface area contributed by atoms with Crippen molar-refractivity contribution in [2.24, 2.45) is 0 Å². The molecule has 2 heterocycles. The number of hydrogen-bond acceptors (Lipinski definition) is 7. The van der Waals surface area contributed by atoms with Crippen molar-refractivity contribution in [1.29, 1.82) is 5.26 Å². The molecule has 0 saturated carbocycles. The van der Waals surface area contributed by atoms with Crippen LogP contribution in [0.3, 0.4) is 0 Å². The van der Waals surface area contributed by atoms with E-state index < -0.39 is 0 Å². The molecule has 2 aromatic heterocycles. The Bertz CT molecular complexity index is 2820. The Morgan fingerprint density at radius 2 is 0.518 bits per heavy atom. The highest BCUT2D eigenvalue weighted by atomic mass is 15.0. The van der Waals surface area contributed by atoms with Gasteiger partial charge in [0.05, 0.1) is 11.6 Å². The molecule has 0 radical (unpaired) electrons. The highest BCUT2D eigenvalue weighted by molar-refractivity contribution is 5.75. The summed E-state index contributed by atoms with van der Waals surface area (Å²) >= 11 is 0. The van der Waals surface area contributed by atoms with E-state index in [1.807, 2.05) is 115 Å². The Hall–Kier alpha value is -7.95. The molecule has 0 spiro atoms. The van der Waals surface area contributed by atoms with E-state index in [0.29, 0.717) is 40.5 Å². The largest absolute Gasteiger partial charge is 0.208 e. The zero-order valence-electron chi connectivity index (χ0n) is 30.0. The van der Waals surface area contributed by atoms with E-state index in [1.165, 1.54) is 0 Å². The van der Waals surface area contributed by atoms with Gasteiger partial charge in [0.1, 0.15) is 0 Å². The molecular formula is C49H31N7. The lowest BCUT2D eigenvalue weighted by Gasteiger charge is -2.11. The molecule has 0 fully saturated rings. The first kappa shape index (κ1) is 33.9. The van der Waals surface area contributed by atoms with Gasteiger partial charge in [0.15, 0.2) is 34.9 Å². The quantitative estimate of drug-likeness (QED) is 0.154. The summed E-state index contributed by atoms with van der Waals surface area (Å²) in [5.74, 6) is 3.51. The molecule has 0 aliphatic rings. The molecule has 0 atom stereocenters. The van der Waals surface area contributed by atoms with Gasteiger partial charge < -0.3 is 0 Å². The van der Waals surface area contributed by atoms with Gasteiger partial charge in [0.25, 0.3) is 0 Å². The van der Waals surface area contributed by atoms with Crippen molar-refractivity contribution in [3.05, 3.63) is 194 Å². The van der Waals surface area contributed by atoms with Crippen molar-refractivity contribution in [3.63, 3.8) is 0 Å². The third-order valence-corrected chi connectivity index (χ3v) is 9.45. The van der Waals surface area contributed by atoms with Crippen molar-refractivity contribution in [2.45, 2.75) is 0 Å². The van der Waals surface area contributed by atoms with Crippen LogP contribution in [0.5, 0.6) is 0 Å². The first-order valence-electron chi connectivity index (χ1n) is 18.2. The summed E-state index contributed by atoms with van der Waals surface area (Å²) in [5, 5.41) is 9.29. The molecule has 0 unspecified atom stereocenters. The summed E-state index contributed by atoms with van der Waals surface area (Å²) in [6.07, 6.45) is 0. The predicted octanol–water partition coefficient (Wildman–Crippen LogP) is 11.3. The zero-order valence-corrected chi connectivity index (χ0v) is 30.0. The maximum atomic E-state index is 9.29. The molecular weight excluding hydrogens is 687 g/mol. The molecule has 0 bridgehead atoms. The lowest BCUT2D eigenvalue weighted by molar-refractivity contribution is 1.07. The van der Waals surface area contributed by atoms with E-state index >= 15 is 0 Å². The second kappa shape index (κ2) is 15.2. The average Bonchev–Trinajstić information content (AvgIpc) is 3.30. The van der Waals surface area contributed by atoms with E-state index in [9.17, 15) is 5.26 Å². The zero-order chi connectivity index (χ0) is 37.7. The second-order valence-electron chi connectivity index (χ2n) is 13.1. The van der Waals surface area contributed by atoms with Crippen LogP contribution in [0.2, 0.25) is 0 Å². The number of benzene rings is 7. The van der Waals surface area contributed by atoms with Gasteiger partial charge in [0.2, 0.25) is 0 Å². The standard InChI is InChI=1S/C49H31N7/c50-32-33-19-21-39(22-20-33)46-51-44(37-13-6-2-7-14-37)52-47(54-46)40-27-23-35(24-28-40)36-25-29-41(30-26-36)48-53-45(38-15-8-3-9-16-38)55-49(56-48)43-18-10-17-42(31-43)34-11-4-1-5-12-34/h1-31H. The highest BCUT2D eigenvalue weighted by Crippen LogP contribution is 2.31. The Labute approximate surface area is 324 Å². The third kappa shape index (κ3) is 7.19. The van der Waals surface area contributed by atoms with Crippen LogP contribution in [0.15, 0.2) is 188 Å². The first-order chi connectivity index (χ1) is 27.7. The van der Waals surface area contributed by atoms with Crippen LogP contribution in [-0.2, 0) is 0 Å². The van der Waals surface area contributed by atoms with Crippen LogP contribution in [-0.4, -0.2) is 29.9 Å². The summed E-state index contributed by atoms with van der Waals surface area (Å²) in [5.41, 5.74) is 10.2. The molecule has 7 heteroatoms. The first-order valence-corrected chi connectivity index (χ1v) is 18.2. The fraction of sp³-hybridized carbons (Fsp3) is 0. The number of hydrogen-bond donors (Lipinski definition) is 0. The molecule has 7 nitrogen and oxygen atoms in total. The van der Waals surface area contributed by atoms with Crippen LogP contribution in [0.4, 0.5) is 0 Å². The maximum absolute atomic E-state index is 9.29. The summed E-state index contributed by atoms with van der Waals surface area (Å²) in [7, 11) is 0. The SMILES string of the molecule is N#Cc1ccc(-c2nc(-c3ccccc3)nc(-c3ccc(-c4ccc(-c5nc(-c6ccccc6)nc(-c6cccc(-c7ccccc7)c6)n5)cc4)cc3)n2)cc1. The molecule has 0 saturated heterocycles. The van der Waals surface area contributed by atoms with Crippen LogP contribution >= 0.6 is 0 Å². The predicted molar refractivity (Wildman–Crippen MR) is 221 cm³/mol. The molecule has 9 rings (SSSR count). The van der Waals surface area contributed by atoms with Crippen LogP contribution < -0.4 is 0 Å². The monoisotopic (exact) mass is 717 g/mol. The molecule has 0 N–H and O–H groups in total. The molecule has 7 aromatic carbocycles. The minimum absolute atomic E-state index is 0.541. The van der Waals surface area contributed by atoms with Gasteiger partial charge in [-0.3, -0.25) is 0 Å². The van der Waals surface area contributed by atoms with E-state index in [1.54, 1.807) is 12.1 Å². The van der Waals surface area contributed by atoms with Crippen molar-refractivity contribution in [3.8, 4) is 96.7 Å². The van der Waals surface area contributed by atoms with Crippen LogP contribution in [0.25, 0.3) is 90.6 Å². The lowest BCUT2D eigenvalue weighted by Crippen LogP contribution is -2.00. The number of rotatable bonds is 8. The van der Waals surface area contributed by atoms with E-state index in [0.717, 1.165) is 55.6 Å². The van der Waals surface area contributed by atoms with Gasteiger partial charge in [0, 0.05) is 33.4 Å². The minimum atomic E-state index is 0.541. The summed E-state index contributed by atoms with van der Waals surface area (Å²) in [6.45, 7) is 0. The summed E-state index contributed by atoms with van der Waals surface area (Å²) < 4.78 is 0. The minimum Gasteiger partial charge on any atom is -0.208 e. The van der Waals surface area contributed by atoms with Gasteiger partial charge in [-0.25, -0.2) is 29.9 Å². The lowest BCUT2D eigenvalue weighted by atomic mass is 10.0. The topological polar surface area (TPSA) is 101 Å². The third-order valence-electron chi connectivity index (χ3n) is 9.45. The van der Waals surface area contributed by atoms with Crippen LogP contribution in [0, 0.1) is 11.3 Å². The fourth-order valence-electron chi connectivity index (χ4n) is 6.49. The molecule has 262 valence electrons. The molecule has 0 aliphatic carbocycles. The fourth-order valence-corrected chi connectivity index (χ4v) is 6.49. The molecule has 56 heavy (non-hydrogen) atoms. The van der Waals surface area contributed by atoms with E-state index in [4.69, 9.17) is 29.9 Å². The van der Waals surface area contributed by atoms with Gasteiger partial charge >= 0.3 is 0 Å². The van der Waals surface area contributed by atoms with E-state index in [-0.39, 0.29) is 0 Å². The molecule has 0 aliphatic heterocycles. The van der Waals surface area contributed by atoms with Gasteiger partial charge in [-0.15, -0.1) is 0 Å². The van der Waals surface area contributed by atoms with Gasteiger partial charge in [-0.05, 0) is 52.6 Å². The summed E-state index contributed by atoms with van der Waals surface area (Å²) in [6, 6.07) is 64.4. The van der Waals surface area contributed by atoms with Crippen molar-refractivity contribution >= 4 is 0 Å². The van der Waals surface area contributed by atoms with E-state index in [2.05, 4.69) is 66.7 Å². The highest BCUT2D eigenvalue weighted by Gasteiger charge is 2.15. The Kier molecular flexibility index (Phi) is 9.18. The smallest absolute Gasteiger partial charge is 0.164 e. The number of nitrogens with zero attached hydrogens (tertiary/aromatic N) is 7. The molecule has 9 aromatic rings. The van der Waals surface area contributed by atoms with Gasteiger partial charge in [-0.2, -0.15) is 5.26 Å². The van der Waals surface area contributed by atoms with Crippen LogP contribution in [0.1, 0.15) is 5.56 Å². The second-order valence-corrected chi connectivity index (χ2v) is 13.1. The Morgan fingerprint density at radius 1 is 0.250 bits per heavy atom. The Morgan fingerprint density at radius 3 is 0.911 bits per heavy atom. The van der Waals surface area contributed by atoms with Crippen molar-refractivity contribution < 1.29 is 0 Å². The Balaban J connectivity index is 1.03. The van der Waals surface area contributed by atoms with Crippen molar-refractivity contribution in [2.75, 3.05) is 0 Å². The summed E-state index contributed by atoms with van der Waals surface area (Å²) in [4.78, 5) is 29.4. The maximum Gasteiger partial charge on any atom is 0.164 e. The average molecular weight is 718 g/mol. The number of aromatic nitrogens is 6.